The van der Waals surface area contributed by atoms with Gasteiger partial charge in [0, 0.05) is 36.1 Å². The van der Waals surface area contributed by atoms with Gasteiger partial charge in [0.15, 0.2) is 0 Å². The van der Waals surface area contributed by atoms with Gasteiger partial charge in [-0.3, -0.25) is 9.80 Å². The third kappa shape index (κ3) is 2.61. The number of fused-ring (bicyclic) bond motifs is 1. The molecule has 19 heavy (non-hydrogen) atoms. The lowest BCUT2D eigenvalue weighted by atomic mass is 9.96. The average Bonchev–Trinajstić information content (AvgIpc) is 3.00. The van der Waals surface area contributed by atoms with Crippen LogP contribution in [-0.4, -0.2) is 41.5 Å². The van der Waals surface area contributed by atoms with E-state index in [0.29, 0.717) is 18.0 Å². The number of piperazine rings is 1. The molecule has 0 N–H and O–H groups in total. The van der Waals surface area contributed by atoms with E-state index in [1.54, 1.807) is 4.88 Å². The van der Waals surface area contributed by atoms with Crippen LogP contribution >= 0.6 is 11.3 Å². The van der Waals surface area contributed by atoms with Crippen LogP contribution in [0.5, 0.6) is 0 Å². The summed E-state index contributed by atoms with van der Waals surface area (Å²) in [5.41, 5.74) is 0. The minimum atomic E-state index is 0.609. The maximum absolute atomic E-state index is 2.78. The molecular formula is C16H26N2S. The van der Waals surface area contributed by atoms with Crippen molar-refractivity contribution < 1.29 is 0 Å². The van der Waals surface area contributed by atoms with E-state index >= 15 is 0 Å². The molecule has 3 heterocycles. The minimum absolute atomic E-state index is 0.609. The van der Waals surface area contributed by atoms with Gasteiger partial charge >= 0.3 is 0 Å². The summed E-state index contributed by atoms with van der Waals surface area (Å²) < 4.78 is 0. The third-order valence-corrected chi connectivity index (χ3v) is 5.75. The zero-order chi connectivity index (χ0) is 13.4. The summed E-state index contributed by atoms with van der Waals surface area (Å²) in [6.45, 7) is 11.0. The second kappa shape index (κ2) is 5.55. The molecule has 2 aliphatic rings. The molecule has 3 atom stereocenters. The highest BCUT2D eigenvalue weighted by Gasteiger charge is 2.38. The molecule has 3 unspecified atom stereocenters. The van der Waals surface area contributed by atoms with Gasteiger partial charge in [0.1, 0.15) is 0 Å². The summed E-state index contributed by atoms with van der Waals surface area (Å²) in [5, 5.41) is 2.22. The minimum Gasteiger partial charge on any atom is -0.298 e. The molecule has 3 heteroatoms. The van der Waals surface area contributed by atoms with Crippen molar-refractivity contribution in [1.29, 1.82) is 0 Å². The van der Waals surface area contributed by atoms with Crippen LogP contribution in [0.25, 0.3) is 0 Å². The van der Waals surface area contributed by atoms with E-state index < -0.39 is 0 Å². The van der Waals surface area contributed by atoms with Gasteiger partial charge in [-0.25, -0.2) is 0 Å². The Balaban J connectivity index is 1.82. The first-order valence-corrected chi connectivity index (χ1v) is 8.58. The van der Waals surface area contributed by atoms with Crippen molar-refractivity contribution in [2.24, 2.45) is 5.92 Å². The van der Waals surface area contributed by atoms with Crippen molar-refractivity contribution in [2.75, 3.05) is 19.6 Å². The second-order valence-corrected chi connectivity index (χ2v) is 7.52. The molecule has 0 amide bonds. The van der Waals surface area contributed by atoms with Gasteiger partial charge in [0.2, 0.25) is 0 Å². The summed E-state index contributed by atoms with van der Waals surface area (Å²) in [6, 6.07) is 6.63. The Kier molecular flexibility index (Phi) is 3.97. The molecule has 2 nitrogen and oxygen atoms in total. The van der Waals surface area contributed by atoms with Crippen LogP contribution in [-0.2, 0) is 0 Å². The van der Waals surface area contributed by atoms with Crippen LogP contribution < -0.4 is 0 Å². The average molecular weight is 278 g/mol. The fourth-order valence-electron chi connectivity index (χ4n) is 3.93. The largest absolute Gasteiger partial charge is 0.298 e. The van der Waals surface area contributed by atoms with Crippen LogP contribution in [0.3, 0.4) is 0 Å². The Labute approximate surface area is 121 Å². The van der Waals surface area contributed by atoms with Crippen molar-refractivity contribution in [3.8, 4) is 0 Å². The Bertz CT molecular complexity index is 401. The normalized spacial score (nSPS) is 30.7. The Morgan fingerprint density at radius 2 is 2.16 bits per heavy atom. The third-order valence-electron chi connectivity index (χ3n) is 4.81. The zero-order valence-corrected chi connectivity index (χ0v) is 13.2. The molecule has 106 valence electrons. The van der Waals surface area contributed by atoms with Gasteiger partial charge in [0.25, 0.3) is 0 Å². The first-order chi connectivity index (χ1) is 9.16. The lowest BCUT2D eigenvalue weighted by Crippen LogP contribution is -2.56. The Hall–Kier alpha value is -0.380. The highest BCUT2D eigenvalue weighted by atomic mass is 32.1. The predicted octanol–water partition coefficient (Wildman–Crippen LogP) is 3.61. The number of nitrogens with zero attached hydrogens (tertiary/aromatic N) is 2. The van der Waals surface area contributed by atoms with Gasteiger partial charge in [-0.05, 0) is 43.7 Å². The van der Waals surface area contributed by atoms with Gasteiger partial charge in [-0.1, -0.05) is 19.9 Å². The maximum atomic E-state index is 2.78. The summed E-state index contributed by atoms with van der Waals surface area (Å²) >= 11 is 1.93. The van der Waals surface area contributed by atoms with E-state index in [-0.39, 0.29) is 0 Å². The number of rotatable bonds is 3. The highest BCUT2D eigenvalue weighted by Crippen LogP contribution is 2.37. The van der Waals surface area contributed by atoms with E-state index in [9.17, 15) is 0 Å². The standard InChI is InChI=1S/C16H26N2S/c1-12(2)16(15-7-5-9-19-15)18-11-14-6-4-8-17(14)10-13(18)3/h5,7,9,12-14,16H,4,6,8,10-11H2,1-3H3. The Morgan fingerprint density at radius 1 is 1.32 bits per heavy atom. The molecule has 2 aliphatic heterocycles. The zero-order valence-electron chi connectivity index (χ0n) is 12.4. The predicted molar refractivity (Wildman–Crippen MR) is 82.7 cm³/mol. The van der Waals surface area contributed by atoms with Crippen LogP contribution in [0.2, 0.25) is 0 Å². The van der Waals surface area contributed by atoms with E-state index in [0.717, 1.165) is 6.04 Å². The summed E-state index contributed by atoms with van der Waals surface area (Å²) in [4.78, 5) is 7.05. The number of hydrogen-bond donors (Lipinski definition) is 0. The molecule has 0 spiro atoms. The smallest absolute Gasteiger partial charge is 0.0468 e. The van der Waals surface area contributed by atoms with Crippen molar-refractivity contribution in [3.63, 3.8) is 0 Å². The molecule has 2 fully saturated rings. The van der Waals surface area contributed by atoms with Crippen molar-refractivity contribution in [1.82, 2.24) is 9.80 Å². The molecule has 0 bridgehead atoms. The monoisotopic (exact) mass is 278 g/mol. The lowest BCUT2D eigenvalue weighted by Gasteiger charge is -2.47. The van der Waals surface area contributed by atoms with Gasteiger partial charge in [0.05, 0.1) is 0 Å². The van der Waals surface area contributed by atoms with Gasteiger partial charge in [-0.15, -0.1) is 11.3 Å². The topological polar surface area (TPSA) is 6.48 Å². The quantitative estimate of drug-likeness (QED) is 0.833. The van der Waals surface area contributed by atoms with Crippen molar-refractivity contribution in [2.45, 2.75) is 51.7 Å². The highest BCUT2D eigenvalue weighted by molar-refractivity contribution is 7.10. The van der Waals surface area contributed by atoms with Crippen molar-refractivity contribution >= 4 is 11.3 Å². The number of hydrogen-bond acceptors (Lipinski definition) is 3. The van der Waals surface area contributed by atoms with Crippen LogP contribution in [0.4, 0.5) is 0 Å². The number of thiophene rings is 1. The second-order valence-electron chi connectivity index (χ2n) is 6.54. The molecule has 0 radical (unpaired) electrons. The van der Waals surface area contributed by atoms with E-state index in [1.165, 1.54) is 32.5 Å². The first kappa shape index (κ1) is 13.6. The van der Waals surface area contributed by atoms with E-state index in [4.69, 9.17) is 0 Å². The molecule has 0 aliphatic carbocycles. The fraction of sp³-hybridized carbons (Fsp3) is 0.750. The molecule has 0 aromatic carbocycles. The van der Waals surface area contributed by atoms with Crippen LogP contribution in [0.15, 0.2) is 17.5 Å². The van der Waals surface area contributed by atoms with Gasteiger partial charge < -0.3 is 0 Å². The molecule has 1 aromatic rings. The van der Waals surface area contributed by atoms with Crippen molar-refractivity contribution in [3.05, 3.63) is 22.4 Å². The summed E-state index contributed by atoms with van der Waals surface area (Å²) in [5.74, 6) is 0.689. The fourth-order valence-corrected chi connectivity index (χ4v) is 4.95. The molecular weight excluding hydrogens is 252 g/mol. The Morgan fingerprint density at radius 3 is 2.84 bits per heavy atom. The van der Waals surface area contributed by atoms with E-state index in [1.807, 2.05) is 11.3 Å². The maximum Gasteiger partial charge on any atom is 0.0468 e. The molecule has 1 aromatic heterocycles. The molecule has 0 saturated carbocycles. The van der Waals surface area contributed by atoms with Crippen LogP contribution in [0, 0.1) is 5.92 Å². The first-order valence-electron chi connectivity index (χ1n) is 7.70. The van der Waals surface area contributed by atoms with Gasteiger partial charge in [-0.2, -0.15) is 0 Å². The van der Waals surface area contributed by atoms with Crippen LogP contribution in [0.1, 0.15) is 44.5 Å². The molecule has 3 rings (SSSR count). The van der Waals surface area contributed by atoms with E-state index in [2.05, 4.69) is 48.1 Å². The summed E-state index contributed by atoms with van der Waals surface area (Å²) in [6.07, 6.45) is 2.80. The molecule has 2 saturated heterocycles. The lowest BCUT2D eigenvalue weighted by molar-refractivity contribution is 0.0134. The summed E-state index contributed by atoms with van der Waals surface area (Å²) in [7, 11) is 0. The SMILES string of the molecule is CC(C)C(c1cccs1)N1CC2CCCN2CC1C.